The molecule has 17 heteroatoms. The summed E-state index contributed by atoms with van der Waals surface area (Å²) < 4.78 is 17.5. The zero-order chi connectivity index (χ0) is 38.1. The van der Waals surface area contributed by atoms with E-state index in [1.807, 2.05) is 36.3 Å². The van der Waals surface area contributed by atoms with Crippen LogP contribution < -0.4 is 16.0 Å². The highest BCUT2D eigenvalue weighted by Gasteiger charge is 2.38. The molecule has 0 unspecified atom stereocenters. The van der Waals surface area contributed by atoms with Gasteiger partial charge in [0.2, 0.25) is 17.7 Å². The molecule has 5 heterocycles. The van der Waals surface area contributed by atoms with E-state index in [0.717, 1.165) is 29.8 Å². The second-order valence-electron chi connectivity index (χ2n) is 15.4. The van der Waals surface area contributed by atoms with Crippen molar-refractivity contribution in [3.63, 3.8) is 0 Å². The maximum atomic E-state index is 15.5. The second-order valence-corrected chi connectivity index (χ2v) is 15.4. The van der Waals surface area contributed by atoms with Crippen molar-refractivity contribution >= 4 is 40.8 Å². The van der Waals surface area contributed by atoms with E-state index in [1.165, 1.54) is 12.1 Å². The van der Waals surface area contributed by atoms with Crippen molar-refractivity contribution in [3.05, 3.63) is 60.1 Å². The maximum absolute atomic E-state index is 15.5. The molecule has 1 aliphatic carbocycles. The van der Waals surface area contributed by atoms with E-state index in [4.69, 9.17) is 4.98 Å². The van der Waals surface area contributed by atoms with Gasteiger partial charge in [-0.1, -0.05) is 20.8 Å². The third kappa shape index (κ3) is 8.21. The molecule has 4 amide bonds. The van der Waals surface area contributed by atoms with Crippen LogP contribution in [0.4, 0.5) is 15.9 Å². The van der Waals surface area contributed by atoms with Gasteiger partial charge in [-0.15, -0.1) is 0 Å². The number of aliphatic hydroxyl groups is 1. The summed E-state index contributed by atoms with van der Waals surface area (Å²) in [6.45, 7) is 7.44. The predicted octanol–water partition coefficient (Wildman–Crippen LogP) is 1.88. The molecule has 3 fully saturated rings. The smallest absolute Gasteiger partial charge is 0.254 e. The van der Waals surface area contributed by atoms with E-state index >= 15 is 4.39 Å². The van der Waals surface area contributed by atoms with Crippen molar-refractivity contribution < 1.29 is 28.7 Å². The third-order valence-electron chi connectivity index (χ3n) is 10.1. The number of likely N-dealkylation sites (tertiary alicyclic amines) is 1. The summed E-state index contributed by atoms with van der Waals surface area (Å²) in [6.07, 6.45) is 9.19. The summed E-state index contributed by atoms with van der Waals surface area (Å²) in [4.78, 5) is 66.3. The number of fused-ring (bicyclic) bond motifs is 1. The highest BCUT2D eigenvalue weighted by atomic mass is 19.1. The van der Waals surface area contributed by atoms with Gasteiger partial charge in [-0.25, -0.2) is 14.4 Å². The van der Waals surface area contributed by atoms with Crippen LogP contribution >= 0.6 is 0 Å². The van der Waals surface area contributed by atoms with Gasteiger partial charge >= 0.3 is 0 Å². The zero-order valence-corrected chi connectivity index (χ0v) is 30.6. The van der Waals surface area contributed by atoms with Crippen LogP contribution in [-0.4, -0.2) is 133 Å². The van der Waals surface area contributed by atoms with Crippen LogP contribution in [0.25, 0.3) is 16.9 Å². The zero-order valence-electron chi connectivity index (χ0n) is 30.6. The Morgan fingerprint density at radius 1 is 1.02 bits per heavy atom. The van der Waals surface area contributed by atoms with Crippen LogP contribution in [0.5, 0.6) is 0 Å². The lowest BCUT2D eigenvalue weighted by atomic mass is 9.85. The van der Waals surface area contributed by atoms with Crippen LogP contribution in [-0.2, 0) is 14.4 Å². The average molecular weight is 744 g/mol. The molecule has 1 aromatic carbocycles. The third-order valence-corrected chi connectivity index (χ3v) is 10.1. The summed E-state index contributed by atoms with van der Waals surface area (Å²) in [5.74, 6) is -1.28. The minimum atomic E-state index is -0.810. The molecule has 16 nitrogen and oxygen atoms in total. The molecule has 1 saturated carbocycles. The first-order valence-corrected chi connectivity index (χ1v) is 18.3. The standard InChI is InChI=1S/C37H46FN11O5/c1-37(2,3)32(36(54)48-9-8-25(50)19-48)45-30(51)18-39-31(52)21-46-10-12-47(13-11-46)35(53)23-6-7-27(26(38)14-23)43-33-34-40-17-29(24-15-41-42-16-24)49(34)20-28(44-33)22-4-5-22/h6-7,14-17,20,22,25,32,50H,4-5,8-13,18-19,21H2,1-3H3,(H,39,52)(H,41,42)(H,43,44)(H,45,51)/t25-,32-/m1/s1. The summed E-state index contributed by atoms with van der Waals surface area (Å²) >= 11 is 0. The number of carbonyl (C=O) groups excluding carboxylic acids is 4. The number of benzene rings is 1. The van der Waals surface area contributed by atoms with Crippen molar-refractivity contribution in [2.45, 2.75) is 58.1 Å². The van der Waals surface area contributed by atoms with Gasteiger partial charge in [0.15, 0.2) is 11.5 Å². The Balaban J connectivity index is 0.904. The number of β-amino-alcohol motifs (C(OH)–C–C–N with tert-alkyl or cyclic N) is 1. The van der Waals surface area contributed by atoms with Crippen molar-refractivity contribution in [1.82, 2.24) is 49.9 Å². The number of carbonyl (C=O) groups is 4. The second kappa shape index (κ2) is 15.1. The Morgan fingerprint density at radius 3 is 2.44 bits per heavy atom. The van der Waals surface area contributed by atoms with Gasteiger partial charge in [-0.05, 0) is 42.9 Å². The van der Waals surface area contributed by atoms with Crippen molar-refractivity contribution in [1.29, 1.82) is 0 Å². The Kier molecular flexibility index (Phi) is 10.3. The Labute approximate surface area is 311 Å². The lowest BCUT2D eigenvalue weighted by Gasteiger charge is -2.34. The Bertz CT molecular complexity index is 2030. The molecule has 286 valence electrons. The number of hydrogen-bond acceptors (Lipinski definition) is 10. The number of aromatic amines is 1. The van der Waals surface area contributed by atoms with Gasteiger partial charge in [0.25, 0.3) is 5.91 Å². The van der Waals surface area contributed by atoms with E-state index in [-0.39, 0.29) is 48.6 Å². The number of halogens is 1. The van der Waals surface area contributed by atoms with Gasteiger partial charge in [0.05, 0.1) is 48.7 Å². The molecule has 2 saturated heterocycles. The first kappa shape index (κ1) is 36.9. The molecule has 0 bridgehead atoms. The SMILES string of the molecule is CC(C)(C)[C@H](NC(=O)CNC(=O)CN1CCN(C(=O)c2ccc(Nc3nc(C4CC4)cn4c(-c5cn[nH]c5)cnc34)c(F)c2)CC1)C(=O)N1CC[C@@H](O)C1. The van der Waals surface area contributed by atoms with Crippen molar-refractivity contribution in [2.75, 3.05) is 57.7 Å². The average Bonchev–Trinajstić information content (AvgIpc) is 3.45. The highest BCUT2D eigenvalue weighted by molar-refractivity contribution is 5.95. The monoisotopic (exact) mass is 743 g/mol. The molecule has 2 aliphatic heterocycles. The largest absolute Gasteiger partial charge is 0.391 e. The summed E-state index contributed by atoms with van der Waals surface area (Å²) in [5.41, 5.74) is 2.90. The fraction of sp³-hybridized carbons (Fsp3) is 0.486. The van der Waals surface area contributed by atoms with Gasteiger partial charge in [-0.2, -0.15) is 5.10 Å². The minimum Gasteiger partial charge on any atom is -0.391 e. The topological polar surface area (TPSA) is 193 Å². The van der Waals surface area contributed by atoms with Gasteiger partial charge in [0.1, 0.15) is 11.9 Å². The number of H-pyrrole nitrogens is 1. The van der Waals surface area contributed by atoms with Crippen molar-refractivity contribution in [2.24, 2.45) is 5.41 Å². The number of aromatic nitrogens is 5. The van der Waals surface area contributed by atoms with Gasteiger partial charge < -0.3 is 30.9 Å². The lowest BCUT2D eigenvalue weighted by Crippen LogP contribution is -2.56. The number of nitrogens with zero attached hydrogens (tertiary/aromatic N) is 7. The Morgan fingerprint density at radius 2 is 1.80 bits per heavy atom. The molecule has 0 spiro atoms. The van der Waals surface area contributed by atoms with E-state index < -0.39 is 29.3 Å². The highest BCUT2D eigenvalue weighted by Crippen LogP contribution is 2.40. The first-order valence-electron chi connectivity index (χ1n) is 18.3. The van der Waals surface area contributed by atoms with Crippen LogP contribution in [0.15, 0.2) is 43.0 Å². The lowest BCUT2D eigenvalue weighted by molar-refractivity contribution is -0.138. The van der Waals surface area contributed by atoms with E-state index in [0.29, 0.717) is 56.5 Å². The molecule has 7 rings (SSSR count). The van der Waals surface area contributed by atoms with E-state index in [9.17, 15) is 24.3 Å². The number of amides is 4. The number of piperazine rings is 1. The molecule has 2 atom stereocenters. The molecular formula is C37H46FN11O5. The molecule has 54 heavy (non-hydrogen) atoms. The quantitative estimate of drug-likeness (QED) is 0.152. The minimum absolute atomic E-state index is 0.0287. The molecule has 3 aliphatic rings. The van der Waals surface area contributed by atoms with Crippen LogP contribution in [0, 0.1) is 11.2 Å². The fourth-order valence-corrected chi connectivity index (χ4v) is 6.86. The number of rotatable bonds is 11. The number of aliphatic hydroxyl groups excluding tert-OH is 1. The molecule has 4 aromatic rings. The number of nitrogens with one attached hydrogen (secondary N) is 4. The van der Waals surface area contributed by atoms with E-state index in [1.54, 1.807) is 34.5 Å². The summed E-state index contributed by atoms with van der Waals surface area (Å²) in [6, 6.07) is 3.51. The number of hydrogen-bond donors (Lipinski definition) is 5. The normalized spacial score (nSPS) is 18.5. The molecule has 5 N–H and O–H groups in total. The number of imidazole rings is 1. The first-order chi connectivity index (χ1) is 25.8. The predicted molar refractivity (Wildman–Crippen MR) is 196 cm³/mol. The van der Waals surface area contributed by atoms with Crippen LogP contribution in [0.3, 0.4) is 0 Å². The maximum Gasteiger partial charge on any atom is 0.254 e. The van der Waals surface area contributed by atoms with Crippen molar-refractivity contribution in [3.8, 4) is 11.3 Å². The molecule has 0 radical (unpaired) electrons. The van der Waals surface area contributed by atoms with E-state index in [2.05, 4.69) is 31.1 Å². The van der Waals surface area contributed by atoms with Crippen LogP contribution in [0.1, 0.15) is 62.0 Å². The molecular weight excluding hydrogens is 697 g/mol. The Hall–Kier alpha value is -5.42. The van der Waals surface area contributed by atoms with Gasteiger partial charge in [0, 0.05) is 68.7 Å². The van der Waals surface area contributed by atoms with Crippen LogP contribution in [0.2, 0.25) is 0 Å². The van der Waals surface area contributed by atoms with Gasteiger partial charge in [-0.3, -0.25) is 33.6 Å². The fourth-order valence-electron chi connectivity index (χ4n) is 6.86. The molecule has 3 aromatic heterocycles. The number of anilines is 2. The summed E-state index contributed by atoms with van der Waals surface area (Å²) in [7, 11) is 0. The summed E-state index contributed by atoms with van der Waals surface area (Å²) in [5, 5.41) is 25.2.